The lowest BCUT2D eigenvalue weighted by molar-refractivity contribution is -0.156. The Labute approximate surface area is 137 Å². The highest BCUT2D eigenvalue weighted by Gasteiger charge is 2.28. The van der Waals surface area contributed by atoms with Crippen LogP contribution in [0.25, 0.3) is 0 Å². The van der Waals surface area contributed by atoms with E-state index >= 15 is 0 Å². The monoisotopic (exact) mass is 319 g/mol. The molecule has 0 saturated heterocycles. The molecule has 1 aromatic rings. The zero-order valence-electron chi connectivity index (χ0n) is 14.2. The molecule has 0 heterocycles. The minimum Gasteiger partial charge on any atom is -0.468 e. The fraction of sp³-hybridized carbons (Fsp3) is 0.444. The van der Waals surface area contributed by atoms with Crippen LogP contribution in [0.2, 0.25) is 0 Å². The third-order valence-electron chi connectivity index (χ3n) is 3.05. The molecule has 2 atom stereocenters. The van der Waals surface area contributed by atoms with Crippen LogP contribution in [0.15, 0.2) is 43.0 Å². The highest BCUT2D eigenvalue weighted by atomic mass is 16.6. The molecule has 0 bridgehead atoms. The summed E-state index contributed by atoms with van der Waals surface area (Å²) in [6, 6.07) is 8.05. The summed E-state index contributed by atoms with van der Waals surface area (Å²) in [5.74, 6) is -0.918. The number of carbonyl (C=O) groups excluding carboxylic acids is 2. The second-order valence-corrected chi connectivity index (χ2v) is 6.18. The van der Waals surface area contributed by atoms with Gasteiger partial charge in [0.05, 0.1) is 7.11 Å². The summed E-state index contributed by atoms with van der Waals surface area (Å²) in [5, 5.41) is 2.96. The van der Waals surface area contributed by atoms with Gasteiger partial charge in [0, 0.05) is 0 Å². The molecule has 0 aliphatic rings. The van der Waals surface area contributed by atoms with Gasteiger partial charge in [0.25, 0.3) is 0 Å². The van der Waals surface area contributed by atoms with Gasteiger partial charge in [-0.1, -0.05) is 36.4 Å². The molecule has 5 heteroatoms. The third-order valence-corrected chi connectivity index (χ3v) is 3.05. The fourth-order valence-corrected chi connectivity index (χ4v) is 2.02. The second kappa shape index (κ2) is 8.48. The van der Waals surface area contributed by atoms with Crippen LogP contribution in [0, 0.1) is 0 Å². The summed E-state index contributed by atoms with van der Waals surface area (Å²) in [6.45, 7) is 9.00. The molecular weight excluding hydrogens is 294 g/mol. The topological polar surface area (TPSA) is 64.6 Å². The van der Waals surface area contributed by atoms with Gasteiger partial charge in [0.1, 0.15) is 17.7 Å². The van der Waals surface area contributed by atoms with Gasteiger partial charge in [-0.2, -0.15) is 0 Å². The Bertz CT molecular complexity index is 534. The summed E-state index contributed by atoms with van der Waals surface area (Å²) < 4.78 is 10.2. The first-order chi connectivity index (χ1) is 10.8. The van der Waals surface area contributed by atoms with E-state index in [1.54, 1.807) is 20.8 Å². The van der Waals surface area contributed by atoms with Crippen molar-refractivity contribution in [2.24, 2.45) is 0 Å². The van der Waals surface area contributed by atoms with Crippen LogP contribution in [0.4, 0.5) is 0 Å². The van der Waals surface area contributed by atoms with Gasteiger partial charge in [-0.15, -0.1) is 6.58 Å². The average Bonchev–Trinajstić information content (AvgIpc) is 2.49. The smallest absolute Gasteiger partial charge is 0.327 e. The molecule has 0 aliphatic carbocycles. The van der Waals surface area contributed by atoms with Crippen LogP contribution in [0.3, 0.4) is 0 Å². The summed E-state index contributed by atoms with van der Waals surface area (Å²) in [6.07, 6.45) is 1.83. The summed E-state index contributed by atoms with van der Waals surface area (Å²) in [5.41, 5.74) is 0.350. The van der Waals surface area contributed by atoms with Crippen LogP contribution in [-0.4, -0.2) is 36.7 Å². The van der Waals surface area contributed by atoms with Crippen molar-refractivity contribution in [2.75, 3.05) is 7.11 Å². The number of hydrogen-bond donors (Lipinski definition) is 1. The van der Waals surface area contributed by atoms with E-state index in [0.717, 1.165) is 5.56 Å². The van der Waals surface area contributed by atoms with E-state index in [0.29, 0.717) is 6.42 Å². The normalized spacial score (nSPS) is 13.7. The van der Waals surface area contributed by atoms with Gasteiger partial charge in [-0.25, -0.2) is 4.79 Å². The molecule has 0 saturated carbocycles. The fourth-order valence-electron chi connectivity index (χ4n) is 2.02. The molecule has 0 aromatic heterocycles. The molecule has 0 aliphatic heterocycles. The van der Waals surface area contributed by atoms with Gasteiger partial charge in [0.15, 0.2) is 0 Å². The van der Waals surface area contributed by atoms with E-state index in [9.17, 15) is 9.59 Å². The van der Waals surface area contributed by atoms with Crippen LogP contribution in [0.1, 0.15) is 26.3 Å². The van der Waals surface area contributed by atoms with Crippen molar-refractivity contribution in [1.29, 1.82) is 0 Å². The zero-order valence-corrected chi connectivity index (χ0v) is 14.2. The van der Waals surface area contributed by atoms with Crippen molar-refractivity contribution < 1.29 is 19.1 Å². The minimum atomic E-state index is -0.790. The average molecular weight is 319 g/mol. The highest BCUT2D eigenvalue weighted by Crippen LogP contribution is 2.11. The Kier molecular flexibility index (Phi) is 6.97. The maximum Gasteiger partial charge on any atom is 0.327 e. The predicted molar refractivity (Wildman–Crippen MR) is 88.9 cm³/mol. The van der Waals surface area contributed by atoms with Crippen LogP contribution in [-0.2, 0) is 25.5 Å². The second-order valence-electron chi connectivity index (χ2n) is 6.18. The van der Waals surface area contributed by atoms with Crippen LogP contribution >= 0.6 is 0 Å². The Hall–Kier alpha value is -2.14. The van der Waals surface area contributed by atoms with Crippen LogP contribution < -0.4 is 5.32 Å². The summed E-state index contributed by atoms with van der Waals surface area (Å²) >= 11 is 0. The summed E-state index contributed by atoms with van der Waals surface area (Å²) in [4.78, 5) is 24.2. The third kappa shape index (κ3) is 6.65. The van der Waals surface area contributed by atoms with E-state index in [2.05, 4.69) is 11.9 Å². The molecule has 0 radical (unpaired) electrons. The Morgan fingerprint density at radius 1 is 1.22 bits per heavy atom. The zero-order chi connectivity index (χ0) is 17.5. The lowest BCUT2D eigenvalue weighted by atomic mass is 10.0. The Morgan fingerprint density at radius 2 is 1.83 bits per heavy atom. The predicted octanol–water partition coefficient (Wildman–Crippen LogP) is 2.26. The van der Waals surface area contributed by atoms with E-state index in [-0.39, 0.29) is 0 Å². The van der Waals surface area contributed by atoms with Gasteiger partial charge < -0.3 is 9.47 Å². The molecule has 0 spiro atoms. The van der Waals surface area contributed by atoms with E-state index < -0.39 is 29.6 Å². The molecule has 1 unspecified atom stereocenters. The number of ether oxygens (including phenoxy) is 2. The molecular formula is C18H25NO4. The van der Waals surface area contributed by atoms with E-state index in [1.807, 2.05) is 30.3 Å². The van der Waals surface area contributed by atoms with Crippen molar-refractivity contribution in [1.82, 2.24) is 5.32 Å². The van der Waals surface area contributed by atoms with Gasteiger partial charge in [-0.3, -0.25) is 10.1 Å². The SMILES string of the molecule is C=CC(N[C@@H](Cc1ccccc1)C(=O)OC)C(=O)OC(C)(C)C. The number of nitrogens with one attached hydrogen (secondary N) is 1. The lowest BCUT2D eigenvalue weighted by Gasteiger charge is -2.25. The first kappa shape index (κ1) is 18.9. The highest BCUT2D eigenvalue weighted by molar-refractivity contribution is 5.81. The number of hydrogen-bond acceptors (Lipinski definition) is 5. The van der Waals surface area contributed by atoms with Crippen molar-refractivity contribution >= 4 is 11.9 Å². The van der Waals surface area contributed by atoms with Gasteiger partial charge >= 0.3 is 11.9 Å². The van der Waals surface area contributed by atoms with Gasteiger partial charge in [0.2, 0.25) is 0 Å². The molecule has 0 amide bonds. The van der Waals surface area contributed by atoms with Crippen molar-refractivity contribution in [2.45, 2.75) is 44.9 Å². The standard InChI is InChI=1S/C18H25NO4/c1-6-14(17(21)23-18(2,3)4)19-15(16(20)22-5)12-13-10-8-7-9-11-13/h6-11,14-15,19H,1,12H2,2-5H3/t14?,15-/m0/s1. The number of esters is 2. The van der Waals surface area contributed by atoms with E-state index in [4.69, 9.17) is 9.47 Å². The maximum absolute atomic E-state index is 12.2. The Morgan fingerprint density at radius 3 is 2.30 bits per heavy atom. The van der Waals surface area contributed by atoms with Crippen molar-refractivity contribution in [3.63, 3.8) is 0 Å². The Balaban J connectivity index is 2.84. The molecule has 1 aromatic carbocycles. The largest absolute Gasteiger partial charge is 0.468 e. The summed E-state index contributed by atoms with van der Waals surface area (Å²) in [7, 11) is 1.32. The first-order valence-electron chi connectivity index (χ1n) is 7.50. The molecule has 1 rings (SSSR count). The molecule has 1 N–H and O–H groups in total. The molecule has 126 valence electrons. The number of methoxy groups -OCH3 is 1. The first-order valence-corrected chi connectivity index (χ1v) is 7.50. The van der Waals surface area contributed by atoms with Crippen LogP contribution in [0.5, 0.6) is 0 Å². The molecule has 5 nitrogen and oxygen atoms in total. The van der Waals surface area contributed by atoms with Gasteiger partial charge in [-0.05, 0) is 32.8 Å². The number of carbonyl (C=O) groups is 2. The lowest BCUT2D eigenvalue weighted by Crippen LogP contribution is -2.49. The quantitative estimate of drug-likeness (QED) is 0.617. The number of rotatable bonds is 7. The molecule has 0 fully saturated rings. The maximum atomic E-state index is 12.2. The van der Waals surface area contributed by atoms with Crippen molar-refractivity contribution in [3.8, 4) is 0 Å². The number of benzene rings is 1. The van der Waals surface area contributed by atoms with Crippen molar-refractivity contribution in [3.05, 3.63) is 48.6 Å². The minimum absolute atomic E-state index is 0.403. The van der Waals surface area contributed by atoms with E-state index in [1.165, 1.54) is 13.2 Å². The molecule has 23 heavy (non-hydrogen) atoms.